The summed E-state index contributed by atoms with van der Waals surface area (Å²) in [6.07, 6.45) is 24.7. The van der Waals surface area contributed by atoms with Crippen molar-refractivity contribution >= 4 is 38.9 Å². The van der Waals surface area contributed by atoms with E-state index < -0.39 is 0 Å². The Bertz CT molecular complexity index is 4030. The van der Waals surface area contributed by atoms with Gasteiger partial charge in [-0.2, -0.15) is 0 Å². The first-order valence-electron chi connectivity index (χ1n) is 33.5. The lowest BCUT2D eigenvalue weighted by molar-refractivity contribution is 0.398. The number of anilines is 3. The summed E-state index contributed by atoms with van der Waals surface area (Å²) in [7, 11) is 0. The van der Waals surface area contributed by atoms with Crippen molar-refractivity contribution in [2.45, 2.75) is 162 Å². The van der Waals surface area contributed by atoms with Crippen molar-refractivity contribution in [1.29, 1.82) is 0 Å². The van der Waals surface area contributed by atoms with E-state index in [0.717, 1.165) is 29.2 Å². The normalized spacial score (nSPS) is 12.5. The second kappa shape index (κ2) is 27.7. The molecule has 1 aliphatic rings. The van der Waals surface area contributed by atoms with Gasteiger partial charge in [0, 0.05) is 38.9 Å². The van der Waals surface area contributed by atoms with Gasteiger partial charge in [-0.25, -0.2) is 0 Å². The van der Waals surface area contributed by atoms with Gasteiger partial charge in [-0.1, -0.05) is 286 Å². The number of nitrogens with zero attached hydrogens (tertiary/aromatic N) is 2. The van der Waals surface area contributed by atoms with E-state index in [2.05, 4.69) is 269 Å². The minimum absolute atomic E-state index is 0.0440. The second-order valence-electron chi connectivity index (χ2n) is 25.4. The molecule has 0 fully saturated rings. The summed E-state index contributed by atoms with van der Waals surface area (Å²) >= 11 is 0. The first kappa shape index (κ1) is 59.1. The number of fused-ring (bicyclic) bond motifs is 6. The van der Waals surface area contributed by atoms with Crippen molar-refractivity contribution in [3.63, 3.8) is 0 Å². The topological polar surface area (TPSA) is 8.17 Å². The maximum Gasteiger partial charge on any atom is 0.0547 e. The van der Waals surface area contributed by atoms with Gasteiger partial charge < -0.3 is 9.47 Å². The molecule has 440 valence electrons. The number of hydrogen-bond acceptors (Lipinski definition) is 1. The van der Waals surface area contributed by atoms with Gasteiger partial charge >= 0.3 is 0 Å². The van der Waals surface area contributed by atoms with Gasteiger partial charge in [-0.05, 0) is 179 Å². The highest BCUT2D eigenvalue weighted by atomic mass is 15.1. The van der Waals surface area contributed by atoms with Gasteiger partial charge in [0.05, 0.1) is 11.0 Å². The van der Waals surface area contributed by atoms with Crippen LogP contribution in [0.25, 0.3) is 83.1 Å². The minimum atomic E-state index is 0.0440. The van der Waals surface area contributed by atoms with Crippen LogP contribution in [-0.4, -0.2) is 4.57 Å². The molecule has 0 spiro atoms. The highest BCUT2D eigenvalue weighted by molar-refractivity contribution is 6.10. The van der Waals surface area contributed by atoms with Crippen LogP contribution in [0.2, 0.25) is 0 Å². The zero-order valence-corrected chi connectivity index (χ0v) is 52.7. The third-order valence-corrected chi connectivity index (χ3v) is 19.2. The Morgan fingerprint density at radius 2 is 0.759 bits per heavy atom. The molecule has 10 aromatic carbocycles. The van der Waals surface area contributed by atoms with Crippen LogP contribution < -0.4 is 4.90 Å². The molecule has 1 aliphatic carbocycles. The molecule has 2 nitrogen and oxygen atoms in total. The zero-order valence-electron chi connectivity index (χ0n) is 52.7. The highest BCUT2D eigenvalue weighted by Gasteiger charge is 2.42. The number of para-hydroxylation sites is 1. The van der Waals surface area contributed by atoms with Gasteiger partial charge in [-0.3, -0.25) is 0 Å². The smallest absolute Gasteiger partial charge is 0.0547 e. The first-order valence-corrected chi connectivity index (χ1v) is 33.5. The molecule has 0 bridgehead atoms. The average Bonchev–Trinajstić information content (AvgIpc) is 1.61. The summed E-state index contributed by atoms with van der Waals surface area (Å²) in [5, 5.41) is 2.51. The van der Waals surface area contributed by atoms with Gasteiger partial charge in [0.2, 0.25) is 0 Å². The molecule has 11 aromatic rings. The molecule has 0 radical (unpaired) electrons. The number of rotatable bonds is 27. The summed E-state index contributed by atoms with van der Waals surface area (Å²) in [6.45, 7) is 11.4. The standard InChI is InChI=1S/C85H90N2/c1-6-9-12-15-17-22-56-85(57-23-18-16-13-10-7-2)81-58-63(5)32-53-77(81)78-54-45-71(60-82(78)85)68-41-49-74(50-42-68)86(73-47-30-62(4)31-48-73)75-51-43-69(44-52-75)72-46-55-80-79-28-20-21-29-83(79)87(84(80)61-72)76-27-24-26-70(59-76)67-39-37-66(38-40-67)65-35-33-64(34-36-65)25-19-14-11-8-3/h20-21,24,26-55,58-61H,6-19,22-23,25,56-57H2,1-5H3. The average molecular weight is 1140 g/mol. The highest BCUT2D eigenvalue weighted by Crippen LogP contribution is 2.55. The number of aryl methyl sites for hydroxylation is 3. The first-order chi connectivity index (χ1) is 42.8. The molecular weight excluding hydrogens is 1050 g/mol. The molecule has 12 rings (SSSR count). The predicted molar refractivity (Wildman–Crippen MR) is 377 cm³/mol. The molecule has 0 unspecified atom stereocenters. The summed E-state index contributed by atoms with van der Waals surface area (Å²) < 4.78 is 2.46. The molecule has 0 atom stereocenters. The van der Waals surface area contributed by atoms with Crippen LogP contribution in [0.5, 0.6) is 0 Å². The number of benzene rings is 10. The number of hydrogen-bond donors (Lipinski definition) is 0. The van der Waals surface area contributed by atoms with Crippen LogP contribution >= 0.6 is 0 Å². The lowest BCUT2D eigenvalue weighted by Gasteiger charge is -2.33. The fraction of sp³-hybridized carbons (Fsp3) is 0.294. The summed E-state index contributed by atoms with van der Waals surface area (Å²) in [4.78, 5) is 2.41. The van der Waals surface area contributed by atoms with Crippen LogP contribution in [0.1, 0.15) is 164 Å². The van der Waals surface area contributed by atoms with E-state index in [4.69, 9.17) is 0 Å². The molecule has 0 N–H and O–H groups in total. The Morgan fingerprint density at radius 3 is 1.37 bits per heavy atom. The third kappa shape index (κ3) is 12.9. The van der Waals surface area contributed by atoms with Gasteiger partial charge in [0.1, 0.15) is 0 Å². The van der Waals surface area contributed by atoms with Crippen molar-refractivity contribution in [2.24, 2.45) is 0 Å². The maximum absolute atomic E-state index is 2.61. The molecule has 87 heavy (non-hydrogen) atoms. The summed E-state index contributed by atoms with van der Waals surface area (Å²) in [5.41, 5.74) is 27.0. The van der Waals surface area contributed by atoms with Crippen molar-refractivity contribution in [3.05, 3.63) is 252 Å². The largest absolute Gasteiger partial charge is 0.311 e. The van der Waals surface area contributed by atoms with E-state index >= 15 is 0 Å². The number of unbranched alkanes of at least 4 members (excludes halogenated alkanes) is 13. The Hall–Kier alpha value is -8.20. The quantitative estimate of drug-likeness (QED) is 0.0466. The lowest BCUT2D eigenvalue weighted by Crippen LogP contribution is -2.25. The van der Waals surface area contributed by atoms with Crippen LogP contribution in [0, 0.1) is 13.8 Å². The van der Waals surface area contributed by atoms with E-state index in [9.17, 15) is 0 Å². The fourth-order valence-corrected chi connectivity index (χ4v) is 14.3. The predicted octanol–water partition coefficient (Wildman–Crippen LogP) is 25.4. The lowest BCUT2D eigenvalue weighted by atomic mass is 9.70. The molecule has 0 aliphatic heterocycles. The van der Waals surface area contributed by atoms with E-state index in [1.54, 1.807) is 11.1 Å². The Labute approximate surface area is 521 Å². The Balaban J connectivity index is 0.825. The maximum atomic E-state index is 2.61. The van der Waals surface area contributed by atoms with Crippen LogP contribution in [-0.2, 0) is 11.8 Å². The third-order valence-electron chi connectivity index (χ3n) is 19.2. The van der Waals surface area contributed by atoms with Gasteiger partial charge in [0.25, 0.3) is 0 Å². The molecule has 2 heteroatoms. The molecule has 1 heterocycles. The molecular formula is C85H90N2. The molecule has 1 aromatic heterocycles. The zero-order chi connectivity index (χ0) is 59.5. The van der Waals surface area contributed by atoms with Crippen LogP contribution in [0.15, 0.2) is 224 Å². The minimum Gasteiger partial charge on any atom is -0.311 e. The van der Waals surface area contributed by atoms with E-state index in [0.29, 0.717) is 0 Å². The van der Waals surface area contributed by atoms with Gasteiger partial charge in [-0.15, -0.1) is 0 Å². The molecule has 0 amide bonds. The molecule has 0 saturated carbocycles. The van der Waals surface area contributed by atoms with E-state index in [1.165, 1.54) is 210 Å². The van der Waals surface area contributed by atoms with Crippen molar-refractivity contribution in [1.82, 2.24) is 4.57 Å². The Kier molecular flexibility index (Phi) is 18.8. The Morgan fingerprint density at radius 1 is 0.322 bits per heavy atom. The monoisotopic (exact) mass is 1140 g/mol. The summed E-state index contributed by atoms with van der Waals surface area (Å²) in [5.74, 6) is 0. The number of aromatic nitrogens is 1. The van der Waals surface area contributed by atoms with Crippen LogP contribution in [0.4, 0.5) is 17.1 Å². The fourth-order valence-electron chi connectivity index (χ4n) is 14.3. The molecule has 0 saturated heterocycles. The SMILES string of the molecule is CCCCCCCCC1(CCCCCCCC)c2cc(C)ccc2-c2ccc(-c3ccc(N(c4ccc(C)cc4)c4ccc(-c5ccc6c7ccccc7n(-c7cccc(-c8ccc(-c9ccc(CCCCCC)cc9)cc8)c7)c6c5)cc4)cc3)cc21. The van der Waals surface area contributed by atoms with Gasteiger partial charge in [0.15, 0.2) is 0 Å². The van der Waals surface area contributed by atoms with Crippen molar-refractivity contribution in [3.8, 4) is 61.3 Å². The van der Waals surface area contributed by atoms with Crippen molar-refractivity contribution < 1.29 is 0 Å². The second-order valence-corrected chi connectivity index (χ2v) is 25.4. The summed E-state index contributed by atoms with van der Waals surface area (Å²) in [6, 6.07) is 85.6. The van der Waals surface area contributed by atoms with E-state index in [-0.39, 0.29) is 5.41 Å². The van der Waals surface area contributed by atoms with E-state index in [1.807, 2.05) is 0 Å². The van der Waals surface area contributed by atoms with Crippen molar-refractivity contribution in [2.75, 3.05) is 4.90 Å². The van der Waals surface area contributed by atoms with Crippen LogP contribution in [0.3, 0.4) is 0 Å².